The van der Waals surface area contributed by atoms with Crippen LogP contribution < -0.4 is 10.9 Å². The van der Waals surface area contributed by atoms with E-state index in [1.807, 2.05) is 0 Å². The van der Waals surface area contributed by atoms with Gasteiger partial charge in [-0.2, -0.15) is 0 Å². The van der Waals surface area contributed by atoms with Crippen molar-refractivity contribution in [2.75, 3.05) is 6.61 Å². The molecule has 1 fully saturated rings. The summed E-state index contributed by atoms with van der Waals surface area (Å²) in [6.07, 6.45) is -0.248. The Morgan fingerprint density at radius 1 is 1.25 bits per heavy atom. The van der Waals surface area contributed by atoms with E-state index in [9.17, 15) is 15.0 Å². The lowest BCUT2D eigenvalue weighted by Crippen LogP contribution is -2.37. The minimum atomic E-state index is -1.00. The summed E-state index contributed by atoms with van der Waals surface area (Å²) < 4.78 is 0. The van der Waals surface area contributed by atoms with E-state index in [-0.39, 0.29) is 12.2 Å². The standard InChI is InChI=1S/C12H16N4O4/c17-3-8-11(19)10(18)7(16-8)2-5-1-6-9(15-5)12(20)14-4-13-6/h1,4,7-8,10-11,15-19H,2-3H2,(H,13,14,20)/t7-,8+,10-,11+/m0/s1. The number of hydrogen-bond donors (Lipinski definition) is 6. The van der Waals surface area contributed by atoms with Crippen molar-refractivity contribution in [2.24, 2.45) is 0 Å². The van der Waals surface area contributed by atoms with Crippen molar-refractivity contribution < 1.29 is 15.3 Å². The Balaban J connectivity index is 1.83. The topological polar surface area (TPSA) is 134 Å². The van der Waals surface area contributed by atoms with Crippen LogP contribution in [0.25, 0.3) is 11.0 Å². The van der Waals surface area contributed by atoms with Crippen molar-refractivity contribution in [3.63, 3.8) is 0 Å². The molecule has 0 radical (unpaired) electrons. The van der Waals surface area contributed by atoms with Gasteiger partial charge >= 0.3 is 0 Å². The van der Waals surface area contributed by atoms with Crippen LogP contribution in [0.15, 0.2) is 17.2 Å². The molecule has 0 saturated carbocycles. The van der Waals surface area contributed by atoms with Gasteiger partial charge in [-0.05, 0) is 6.07 Å². The fourth-order valence-electron chi connectivity index (χ4n) is 2.64. The first-order valence-corrected chi connectivity index (χ1v) is 6.38. The number of rotatable bonds is 3. The predicted octanol–water partition coefficient (Wildman–Crippen LogP) is -2.15. The van der Waals surface area contributed by atoms with Gasteiger partial charge in [-0.1, -0.05) is 0 Å². The molecular formula is C12H16N4O4. The molecule has 3 heterocycles. The first-order chi connectivity index (χ1) is 9.60. The number of aliphatic hydroxyl groups excluding tert-OH is 3. The van der Waals surface area contributed by atoms with Gasteiger partial charge in [-0.25, -0.2) is 4.98 Å². The van der Waals surface area contributed by atoms with Gasteiger partial charge in [0.05, 0.1) is 36.7 Å². The molecule has 1 saturated heterocycles. The molecule has 1 aliphatic rings. The number of H-pyrrole nitrogens is 2. The second-order valence-corrected chi connectivity index (χ2v) is 5.03. The molecule has 4 atom stereocenters. The molecule has 0 aliphatic carbocycles. The van der Waals surface area contributed by atoms with E-state index in [1.54, 1.807) is 6.07 Å². The fourth-order valence-corrected chi connectivity index (χ4v) is 2.64. The van der Waals surface area contributed by atoms with E-state index in [0.29, 0.717) is 17.5 Å². The van der Waals surface area contributed by atoms with Gasteiger partial charge in [0.1, 0.15) is 5.52 Å². The third-order valence-corrected chi connectivity index (χ3v) is 3.72. The SMILES string of the molecule is O=c1[nH]cnc2cc(C[C@@H]3N[C@H](CO)[C@@H](O)[C@H]3O)[nH]c12. The molecule has 20 heavy (non-hydrogen) atoms. The van der Waals surface area contributed by atoms with Crippen LogP contribution in [-0.4, -0.2) is 61.2 Å². The Hall–Kier alpha value is -1.74. The number of aliphatic hydroxyl groups is 3. The number of hydrogen-bond acceptors (Lipinski definition) is 6. The number of nitrogens with one attached hydrogen (secondary N) is 3. The fraction of sp³-hybridized carbons (Fsp3) is 0.500. The van der Waals surface area contributed by atoms with Crippen molar-refractivity contribution in [2.45, 2.75) is 30.7 Å². The molecule has 8 nitrogen and oxygen atoms in total. The number of aromatic amines is 2. The summed E-state index contributed by atoms with van der Waals surface area (Å²) in [5.41, 5.74) is 1.41. The molecule has 0 bridgehead atoms. The van der Waals surface area contributed by atoms with Crippen molar-refractivity contribution in [3.05, 3.63) is 28.4 Å². The largest absolute Gasteiger partial charge is 0.395 e. The maximum atomic E-state index is 11.6. The highest BCUT2D eigenvalue weighted by Crippen LogP contribution is 2.19. The summed E-state index contributed by atoms with van der Waals surface area (Å²) >= 11 is 0. The van der Waals surface area contributed by atoms with E-state index < -0.39 is 24.3 Å². The van der Waals surface area contributed by atoms with E-state index in [2.05, 4.69) is 20.3 Å². The number of fused-ring (bicyclic) bond motifs is 1. The minimum Gasteiger partial charge on any atom is -0.395 e. The van der Waals surface area contributed by atoms with Crippen LogP contribution in [0.2, 0.25) is 0 Å². The highest BCUT2D eigenvalue weighted by molar-refractivity contribution is 5.74. The van der Waals surface area contributed by atoms with Crippen LogP contribution in [0.4, 0.5) is 0 Å². The quantitative estimate of drug-likeness (QED) is 0.379. The molecule has 2 aromatic rings. The molecule has 3 rings (SSSR count). The average molecular weight is 280 g/mol. The van der Waals surface area contributed by atoms with Crippen LogP contribution >= 0.6 is 0 Å². The first-order valence-electron chi connectivity index (χ1n) is 6.38. The third kappa shape index (κ3) is 2.12. The van der Waals surface area contributed by atoms with Crippen molar-refractivity contribution in [1.29, 1.82) is 0 Å². The predicted molar refractivity (Wildman–Crippen MR) is 70.2 cm³/mol. The molecule has 0 aromatic carbocycles. The van der Waals surface area contributed by atoms with E-state index in [0.717, 1.165) is 5.69 Å². The van der Waals surface area contributed by atoms with Gasteiger partial charge in [0.25, 0.3) is 5.56 Å². The number of aromatic nitrogens is 3. The minimum absolute atomic E-state index is 0.247. The molecule has 1 aliphatic heterocycles. The van der Waals surface area contributed by atoms with E-state index in [4.69, 9.17) is 5.11 Å². The van der Waals surface area contributed by atoms with E-state index in [1.165, 1.54) is 6.33 Å². The molecule has 0 amide bonds. The molecule has 0 unspecified atom stereocenters. The Morgan fingerprint density at radius 3 is 2.65 bits per heavy atom. The van der Waals surface area contributed by atoms with Crippen molar-refractivity contribution >= 4 is 11.0 Å². The Morgan fingerprint density at radius 2 is 2.00 bits per heavy atom. The van der Waals surface area contributed by atoms with Crippen LogP contribution in [-0.2, 0) is 6.42 Å². The maximum Gasteiger partial charge on any atom is 0.275 e. The highest BCUT2D eigenvalue weighted by Gasteiger charge is 2.40. The summed E-state index contributed by atoms with van der Waals surface area (Å²) in [4.78, 5) is 21.1. The molecule has 8 heteroatoms. The lowest BCUT2D eigenvalue weighted by molar-refractivity contribution is 0.0196. The zero-order chi connectivity index (χ0) is 14.3. The highest BCUT2D eigenvalue weighted by atomic mass is 16.3. The maximum absolute atomic E-state index is 11.6. The average Bonchev–Trinajstić information content (AvgIpc) is 2.96. The van der Waals surface area contributed by atoms with E-state index >= 15 is 0 Å². The molecule has 2 aromatic heterocycles. The zero-order valence-electron chi connectivity index (χ0n) is 10.6. The van der Waals surface area contributed by atoms with Crippen LogP contribution in [0.3, 0.4) is 0 Å². The van der Waals surface area contributed by atoms with Crippen molar-refractivity contribution in [1.82, 2.24) is 20.3 Å². The summed E-state index contributed by atoms with van der Waals surface area (Å²) in [6.45, 7) is -0.247. The lowest BCUT2D eigenvalue weighted by atomic mass is 10.0. The van der Waals surface area contributed by atoms with Gasteiger partial charge < -0.3 is 30.6 Å². The molecular weight excluding hydrogens is 264 g/mol. The number of nitrogens with zero attached hydrogens (tertiary/aromatic N) is 1. The molecule has 108 valence electrons. The summed E-state index contributed by atoms with van der Waals surface area (Å²) in [6, 6.07) is 0.799. The summed E-state index contributed by atoms with van der Waals surface area (Å²) in [5, 5.41) is 31.7. The molecule has 6 N–H and O–H groups in total. The van der Waals surface area contributed by atoms with Crippen LogP contribution in [0.5, 0.6) is 0 Å². The van der Waals surface area contributed by atoms with Gasteiger partial charge in [-0.15, -0.1) is 0 Å². The Bertz CT molecular complexity index is 667. The Labute approximate surface area is 113 Å². The third-order valence-electron chi connectivity index (χ3n) is 3.72. The second-order valence-electron chi connectivity index (χ2n) is 5.03. The van der Waals surface area contributed by atoms with Gasteiger partial charge in [0.2, 0.25) is 0 Å². The van der Waals surface area contributed by atoms with Crippen LogP contribution in [0.1, 0.15) is 5.69 Å². The molecule has 0 spiro atoms. The van der Waals surface area contributed by atoms with Gasteiger partial charge in [0, 0.05) is 18.2 Å². The summed E-state index contributed by atoms with van der Waals surface area (Å²) in [5.74, 6) is 0. The second kappa shape index (κ2) is 4.98. The zero-order valence-corrected chi connectivity index (χ0v) is 10.6. The van der Waals surface area contributed by atoms with Gasteiger partial charge in [0.15, 0.2) is 0 Å². The van der Waals surface area contributed by atoms with Crippen LogP contribution in [0, 0.1) is 0 Å². The summed E-state index contributed by atoms with van der Waals surface area (Å²) in [7, 11) is 0. The normalized spacial score (nSPS) is 30.1. The monoisotopic (exact) mass is 280 g/mol. The smallest absolute Gasteiger partial charge is 0.275 e. The Kier molecular flexibility index (Phi) is 3.30. The lowest BCUT2D eigenvalue weighted by Gasteiger charge is -2.14. The van der Waals surface area contributed by atoms with Crippen molar-refractivity contribution in [3.8, 4) is 0 Å². The van der Waals surface area contributed by atoms with Gasteiger partial charge in [-0.3, -0.25) is 4.79 Å². The first kappa shape index (κ1) is 13.3.